The minimum atomic E-state index is -0.0890. The largest absolute Gasteiger partial charge is 0.385 e. The zero-order valence-electron chi connectivity index (χ0n) is 13.8. The van der Waals surface area contributed by atoms with Crippen LogP contribution in [-0.4, -0.2) is 28.4 Å². The van der Waals surface area contributed by atoms with Crippen molar-refractivity contribution in [2.45, 2.75) is 26.7 Å². The van der Waals surface area contributed by atoms with E-state index in [4.69, 9.17) is 0 Å². The van der Waals surface area contributed by atoms with Gasteiger partial charge >= 0.3 is 0 Å². The van der Waals surface area contributed by atoms with E-state index >= 15 is 0 Å². The normalized spacial score (nSPS) is 10.9. The Hall–Kier alpha value is -2.63. The number of aromatic nitrogens is 2. The summed E-state index contributed by atoms with van der Waals surface area (Å²) in [6.45, 7) is 4.71. The van der Waals surface area contributed by atoms with E-state index < -0.39 is 0 Å². The second kappa shape index (κ2) is 8.12. The van der Waals surface area contributed by atoms with Gasteiger partial charge in [0.05, 0.1) is 11.9 Å². The molecule has 6 nitrogen and oxygen atoms in total. The van der Waals surface area contributed by atoms with Crippen LogP contribution in [0.2, 0.25) is 0 Å². The number of rotatable bonds is 7. The lowest BCUT2D eigenvalue weighted by atomic mass is 10.2. The number of nitrogens with zero attached hydrogens (tertiary/aromatic N) is 3. The average Bonchev–Trinajstić information content (AvgIpc) is 2.82. The minimum absolute atomic E-state index is 0.0890. The van der Waals surface area contributed by atoms with Crippen LogP contribution in [0.25, 0.3) is 0 Å². The molecule has 0 atom stereocenters. The fourth-order valence-corrected chi connectivity index (χ4v) is 2.21. The summed E-state index contributed by atoms with van der Waals surface area (Å²) in [6, 6.07) is 8.17. The highest BCUT2D eigenvalue weighted by molar-refractivity contribution is 5.83. The van der Waals surface area contributed by atoms with Gasteiger partial charge in [-0.2, -0.15) is 10.2 Å². The van der Waals surface area contributed by atoms with Gasteiger partial charge in [-0.15, -0.1) is 0 Å². The van der Waals surface area contributed by atoms with Gasteiger partial charge < -0.3 is 5.32 Å². The van der Waals surface area contributed by atoms with Crippen LogP contribution in [0.15, 0.2) is 35.6 Å². The molecule has 0 aliphatic carbocycles. The number of nitrogens with one attached hydrogen (secondary N) is 2. The first kappa shape index (κ1) is 16.7. The van der Waals surface area contributed by atoms with Gasteiger partial charge in [0, 0.05) is 37.5 Å². The number of anilines is 1. The molecule has 0 aliphatic rings. The van der Waals surface area contributed by atoms with Crippen molar-refractivity contribution in [3.8, 4) is 0 Å². The van der Waals surface area contributed by atoms with Gasteiger partial charge in [0.25, 0.3) is 0 Å². The maximum atomic E-state index is 11.7. The van der Waals surface area contributed by atoms with Crippen molar-refractivity contribution in [2.75, 3.05) is 11.9 Å². The first-order valence-corrected chi connectivity index (χ1v) is 7.67. The van der Waals surface area contributed by atoms with E-state index in [1.165, 1.54) is 5.56 Å². The molecule has 0 fully saturated rings. The smallest absolute Gasteiger partial charge is 0.240 e. The van der Waals surface area contributed by atoms with Crippen LogP contribution in [0, 0.1) is 13.8 Å². The third-order valence-electron chi connectivity index (χ3n) is 3.37. The van der Waals surface area contributed by atoms with Gasteiger partial charge in [-0.3, -0.25) is 9.48 Å². The van der Waals surface area contributed by atoms with Crippen LogP contribution in [0.5, 0.6) is 0 Å². The number of hydrogen-bond acceptors (Lipinski definition) is 4. The second-order valence-corrected chi connectivity index (χ2v) is 5.54. The quantitative estimate of drug-likeness (QED) is 0.468. The summed E-state index contributed by atoms with van der Waals surface area (Å²) in [5.41, 5.74) is 6.62. The van der Waals surface area contributed by atoms with Crippen molar-refractivity contribution in [2.24, 2.45) is 12.1 Å². The maximum absolute atomic E-state index is 11.7. The topological polar surface area (TPSA) is 71.3 Å². The molecule has 0 bridgehead atoms. The predicted molar refractivity (Wildman–Crippen MR) is 92.6 cm³/mol. The monoisotopic (exact) mass is 313 g/mol. The molecular formula is C17H23N5O. The van der Waals surface area contributed by atoms with Crippen LogP contribution >= 0.6 is 0 Å². The third kappa shape index (κ3) is 5.58. The van der Waals surface area contributed by atoms with Gasteiger partial charge in [0.1, 0.15) is 0 Å². The molecule has 0 unspecified atom stereocenters. The fraction of sp³-hybridized carbons (Fsp3) is 0.353. The maximum Gasteiger partial charge on any atom is 0.240 e. The number of hydrazone groups is 1. The van der Waals surface area contributed by atoms with Gasteiger partial charge in [-0.1, -0.05) is 12.1 Å². The standard InChI is InChI=1S/C17H23N5O/c1-13-6-4-7-16(10-13)18-9-5-8-17(23)20-19-11-15-12-22(3)21-14(15)2/h4,6-7,10-12,18H,5,8-9H2,1-3H3,(H,20,23)/b19-11+. The van der Waals surface area contributed by atoms with Gasteiger partial charge in [-0.25, -0.2) is 5.43 Å². The van der Waals surface area contributed by atoms with Crippen LogP contribution in [0.1, 0.15) is 29.7 Å². The Labute approximate surface area is 136 Å². The lowest BCUT2D eigenvalue weighted by Crippen LogP contribution is -2.18. The second-order valence-electron chi connectivity index (χ2n) is 5.54. The van der Waals surface area contributed by atoms with E-state index in [9.17, 15) is 4.79 Å². The Kier molecular flexibility index (Phi) is 5.91. The van der Waals surface area contributed by atoms with E-state index in [0.29, 0.717) is 6.42 Å². The van der Waals surface area contributed by atoms with Crippen LogP contribution < -0.4 is 10.7 Å². The molecule has 1 heterocycles. The highest BCUT2D eigenvalue weighted by Gasteiger charge is 2.01. The van der Waals surface area contributed by atoms with Crippen molar-refractivity contribution in [3.05, 3.63) is 47.3 Å². The summed E-state index contributed by atoms with van der Waals surface area (Å²) >= 11 is 0. The molecule has 1 aromatic carbocycles. The predicted octanol–water partition coefficient (Wildman–Crippen LogP) is 2.38. The molecule has 23 heavy (non-hydrogen) atoms. The Morgan fingerprint density at radius 3 is 2.91 bits per heavy atom. The Balaban J connectivity index is 1.66. The number of aryl methyl sites for hydroxylation is 3. The summed E-state index contributed by atoms with van der Waals surface area (Å²) in [5.74, 6) is -0.0890. The SMILES string of the molecule is Cc1cccc(NCCCC(=O)N/N=C/c2cn(C)nc2C)c1. The summed E-state index contributed by atoms with van der Waals surface area (Å²) in [4.78, 5) is 11.7. The lowest BCUT2D eigenvalue weighted by molar-refractivity contribution is -0.121. The Morgan fingerprint density at radius 1 is 1.39 bits per heavy atom. The van der Waals surface area contributed by atoms with Gasteiger partial charge in [0.2, 0.25) is 5.91 Å². The van der Waals surface area contributed by atoms with E-state index in [1.807, 2.05) is 32.3 Å². The fourth-order valence-electron chi connectivity index (χ4n) is 2.21. The van der Waals surface area contributed by atoms with E-state index in [2.05, 4.69) is 40.0 Å². The van der Waals surface area contributed by atoms with E-state index in [0.717, 1.165) is 29.9 Å². The van der Waals surface area contributed by atoms with E-state index in [-0.39, 0.29) is 5.91 Å². The number of hydrogen-bond donors (Lipinski definition) is 2. The first-order chi connectivity index (χ1) is 11.0. The number of carbonyl (C=O) groups is 1. The van der Waals surface area contributed by atoms with Gasteiger partial charge in [-0.05, 0) is 38.0 Å². The van der Waals surface area contributed by atoms with Crippen molar-refractivity contribution in [1.29, 1.82) is 0 Å². The van der Waals surface area contributed by atoms with Crippen molar-refractivity contribution in [1.82, 2.24) is 15.2 Å². The summed E-state index contributed by atoms with van der Waals surface area (Å²) in [6.07, 6.45) is 4.66. The Bertz CT molecular complexity index is 690. The molecule has 1 aromatic heterocycles. The van der Waals surface area contributed by atoms with Crippen LogP contribution in [0.3, 0.4) is 0 Å². The molecule has 2 rings (SSSR count). The number of carbonyl (C=O) groups excluding carboxylic acids is 1. The van der Waals surface area contributed by atoms with Crippen molar-refractivity contribution < 1.29 is 4.79 Å². The van der Waals surface area contributed by atoms with Crippen LogP contribution in [-0.2, 0) is 11.8 Å². The average molecular weight is 313 g/mol. The highest BCUT2D eigenvalue weighted by Crippen LogP contribution is 2.09. The minimum Gasteiger partial charge on any atom is -0.385 e. The molecule has 0 radical (unpaired) electrons. The summed E-state index contributed by atoms with van der Waals surface area (Å²) in [7, 11) is 1.85. The first-order valence-electron chi connectivity index (χ1n) is 7.67. The van der Waals surface area contributed by atoms with E-state index in [1.54, 1.807) is 10.9 Å². The molecule has 2 N–H and O–H groups in total. The summed E-state index contributed by atoms with van der Waals surface area (Å²) in [5, 5.41) is 11.5. The van der Waals surface area contributed by atoms with Crippen molar-refractivity contribution in [3.63, 3.8) is 0 Å². The molecule has 0 spiro atoms. The zero-order valence-corrected chi connectivity index (χ0v) is 13.8. The third-order valence-corrected chi connectivity index (χ3v) is 3.37. The van der Waals surface area contributed by atoms with Crippen molar-refractivity contribution >= 4 is 17.8 Å². The number of benzene rings is 1. The van der Waals surface area contributed by atoms with Crippen LogP contribution in [0.4, 0.5) is 5.69 Å². The molecular weight excluding hydrogens is 290 g/mol. The lowest BCUT2D eigenvalue weighted by Gasteiger charge is -2.06. The zero-order chi connectivity index (χ0) is 16.7. The molecule has 0 saturated heterocycles. The molecule has 122 valence electrons. The molecule has 6 heteroatoms. The van der Waals surface area contributed by atoms with Gasteiger partial charge in [0.15, 0.2) is 0 Å². The molecule has 1 amide bonds. The number of amides is 1. The molecule has 0 saturated carbocycles. The highest BCUT2D eigenvalue weighted by atomic mass is 16.2. The molecule has 0 aliphatic heterocycles. The Morgan fingerprint density at radius 2 is 2.22 bits per heavy atom. The summed E-state index contributed by atoms with van der Waals surface area (Å²) < 4.78 is 1.72. The molecule has 2 aromatic rings.